The molecule has 34 heavy (non-hydrogen) atoms. The molecule has 0 saturated carbocycles. The van der Waals surface area contributed by atoms with Crippen LogP contribution in [0.4, 0.5) is 4.79 Å². The van der Waals surface area contributed by atoms with Crippen LogP contribution >= 0.6 is 0 Å². The van der Waals surface area contributed by atoms with E-state index in [9.17, 15) is 19.5 Å². The summed E-state index contributed by atoms with van der Waals surface area (Å²) in [5.41, 5.74) is 3.55. The number of carbonyl (C=O) groups is 3. The first kappa shape index (κ1) is 23.8. The average Bonchev–Trinajstić information content (AvgIpc) is 3.16. The molecule has 1 aliphatic heterocycles. The minimum Gasteiger partial charge on any atom is -0.481 e. The number of alkyl carbamates (subject to hydrolysis) is 1. The zero-order chi connectivity index (χ0) is 24.3. The van der Waals surface area contributed by atoms with E-state index in [1.807, 2.05) is 36.4 Å². The van der Waals surface area contributed by atoms with Gasteiger partial charge in [-0.1, -0.05) is 48.5 Å². The quantitative estimate of drug-likeness (QED) is 0.649. The number of carboxylic acid groups (broad SMARTS) is 1. The van der Waals surface area contributed by atoms with Crippen LogP contribution in [0.1, 0.15) is 36.8 Å². The molecule has 0 spiro atoms. The van der Waals surface area contributed by atoms with Crippen LogP contribution in [-0.4, -0.2) is 67.4 Å². The van der Waals surface area contributed by atoms with Crippen LogP contribution in [0.5, 0.6) is 0 Å². The van der Waals surface area contributed by atoms with Crippen LogP contribution in [0, 0.1) is 5.41 Å². The summed E-state index contributed by atoms with van der Waals surface area (Å²) in [5, 5.41) is 12.2. The summed E-state index contributed by atoms with van der Waals surface area (Å²) >= 11 is 0. The van der Waals surface area contributed by atoms with E-state index < -0.39 is 23.5 Å². The van der Waals surface area contributed by atoms with Crippen molar-refractivity contribution in [3.63, 3.8) is 0 Å². The third-order valence-corrected chi connectivity index (χ3v) is 6.95. The first-order valence-corrected chi connectivity index (χ1v) is 11.5. The molecular weight excluding hydrogens is 436 g/mol. The SMILES string of the molecule is COCC1(C(=O)O)CCN(C(=O)[C@@H](C)NC(=O)OCC2c3ccccc3-c3ccccc32)CC1. The fourth-order valence-electron chi connectivity index (χ4n) is 5.00. The molecule has 2 aromatic carbocycles. The summed E-state index contributed by atoms with van der Waals surface area (Å²) in [6.45, 7) is 2.48. The molecule has 2 amide bonds. The van der Waals surface area contributed by atoms with Gasteiger partial charge in [0.15, 0.2) is 0 Å². The Morgan fingerprint density at radius 2 is 1.62 bits per heavy atom. The molecule has 1 heterocycles. The maximum Gasteiger partial charge on any atom is 0.407 e. The van der Waals surface area contributed by atoms with Crippen molar-refractivity contribution in [2.45, 2.75) is 31.7 Å². The van der Waals surface area contributed by atoms with Gasteiger partial charge in [0.05, 0.1) is 12.0 Å². The second-order valence-electron chi connectivity index (χ2n) is 9.04. The summed E-state index contributed by atoms with van der Waals surface area (Å²) in [4.78, 5) is 38.6. The topological polar surface area (TPSA) is 105 Å². The van der Waals surface area contributed by atoms with Crippen molar-refractivity contribution in [2.24, 2.45) is 5.41 Å². The Kier molecular flexibility index (Phi) is 6.88. The van der Waals surface area contributed by atoms with Crippen molar-refractivity contribution < 1.29 is 29.0 Å². The molecule has 0 aromatic heterocycles. The highest BCUT2D eigenvalue weighted by Gasteiger charge is 2.43. The van der Waals surface area contributed by atoms with Crippen LogP contribution in [0.15, 0.2) is 48.5 Å². The number of methoxy groups -OCH3 is 1. The number of carboxylic acids is 1. The largest absolute Gasteiger partial charge is 0.481 e. The van der Waals surface area contributed by atoms with Crippen molar-refractivity contribution in [3.05, 3.63) is 59.7 Å². The molecule has 0 radical (unpaired) electrons. The Morgan fingerprint density at radius 1 is 1.06 bits per heavy atom. The monoisotopic (exact) mass is 466 g/mol. The number of aliphatic carboxylic acids is 1. The van der Waals surface area contributed by atoms with E-state index >= 15 is 0 Å². The van der Waals surface area contributed by atoms with E-state index in [0.717, 1.165) is 22.3 Å². The Bertz CT molecular complexity index is 1030. The Labute approximate surface area is 198 Å². The van der Waals surface area contributed by atoms with E-state index in [1.165, 1.54) is 7.11 Å². The fraction of sp³-hybridized carbons (Fsp3) is 0.423. The lowest BCUT2D eigenvalue weighted by Gasteiger charge is -2.39. The van der Waals surface area contributed by atoms with Crippen LogP contribution in [0.3, 0.4) is 0 Å². The highest BCUT2D eigenvalue weighted by Crippen LogP contribution is 2.44. The number of carbonyl (C=O) groups excluding carboxylic acids is 2. The smallest absolute Gasteiger partial charge is 0.407 e. The van der Waals surface area contributed by atoms with Crippen molar-refractivity contribution in [3.8, 4) is 11.1 Å². The molecule has 2 aliphatic rings. The molecule has 2 aromatic rings. The maximum absolute atomic E-state index is 12.8. The highest BCUT2D eigenvalue weighted by molar-refractivity contribution is 5.86. The molecule has 0 bridgehead atoms. The molecule has 1 fully saturated rings. The van der Waals surface area contributed by atoms with Gasteiger partial charge in [0.1, 0.15) is 12.6 Å². The summed E-state index contributed by atoms with van der Waals surface area (Å²) in [6.07, 6.45) is -0.0434. The average molecular weight is 467 g/mol. The predicted octanol–water partition coefficient (Wildman–Crippen LogP) is 3.25. The molecule has 180 valence electrons. The van der Waals surface area contributed by atoms with Crippen LogP contribution in [0.2, 0.25) is 0 Å². The summed E-state index contributed by atoms with van der Waals surface area (Å²) < 4.78 is 10.6. The third kappa shape index (κ3) is 4.50. The minimum atomic E-state index is -0.977. The Morgan fingerprint density at radius 3 is 2.15 bits per heavy atom. The Hall–Kier alpha value is -3.39. The number of hydrogen-bond donors (Lipinski definition) is 2. The number of fused-ring (bicyclic) bond motifs is 3. The van der Waals surface area contributed by atoms with Gasteiger partial charge in [-0.3, -0.25) is 9.59 Å². The summed E-state index contributed by atoms with van der Waals surface area (Å²) in [5.74, 6) is -1.23. The molecular formula is C26H30N2O6. The first-order valence-electron chi connectivity index (χ1n) is 11.5. The lowest BCUT2D eigenvalue weighted by molar-refractivity contribution is -0.158. The number of ether oxygens (including phenoxy) is 2. The molecule has 2 N–H and O–H groups in total. The van der Waals surface area contributed by atoms with Gasteiger partial charge in [-0.15, -0.1) is 0 Å². The molecule has 4 rings (SSSR count). The van der Waals surface area contributed by atoms with E-state index in [0.29, 0.717) is 25.9 Å². The van der Waals surface area contributed by atoms with E-state index in [2.05, 4.69) is 17.4 Å². The van der Waals surface area contributed by atoms with Gasteiger partial charge in [-0.25, -0.2) is 4.79 Å². The number of nitrogens with zero attached hydrogens (tertiary/aromatic N) is 1. The van der Waals surface area contributed by atoms with Gasteiger partial charge in [-0.2, -0.15) is 0 Å². The zero-order valence-corrected chi connectivity index (χ0v) is 19.5. The third-order valence-electron chi connectivity index (χ3n) is 6.95. The van der Waals surface area contributed by atoms with Gasteiger partial charge in [0, 0.05) is 26.1 Å². The van der Waals surface area contributed by atoms with E-state index in [4.69, 9.17) is 9.47 Å². The summed E-state index contributed by atoms with van der Waals surface area (Å²) in [7, 11) is 1.47. The Balaban J connectivity index is 1.32. The van der Waals surface area contributed by atoms with Crippen molar-refractivity contribution in [1.29, 1.82) is 0 Å². The number of amides is 2. The molecule has 8 nitrogen and oxygen atoms in total. The molecule has 8 heteroatoms. The van der Waals surface area contributed by atoms with Crippen LogP contribution < -0.4 is 5.32 Å². The van der Waals surface area contributed by atoms with Crippen molar-refractivity contribution >= 4 is 18.0 Å². The lowest BCUT2D eigenvalue weighted by Crippen LogP contribution is -2.53. The second-order valence-corrected chi connectivity index (χ2v) is 9.04. The number of benzene rings is 2. The molecule has 1 atom stereocenters. The number of nitrogens with one attached hydrogen (secondary N) is 1. The standard InChI is InChI=1S/C26H30N2O6/c1-17(23(29)28-13-11-26(12-14-28,16-33-2)24(30)31)27-25(32)34-15-22-20-9-5-3-7-18(20)19-8-4-6-10-21(19)22/h3-10,17,22H,11-16H2,1-2H3,(H,27,32)(H,30,31)/t17-/m1/s1. The van der Waals surface area contributed by atoms with Gasteiger partial charge < -0.3 is 24.8 Å². The zero-order valence-electron chi connectivity index (χ0n) is 19.5. The first-order chi connectivity index (χ1) is 16.4. The number of piperidine rings is 1. The van der Waals surface area contributed by atoms with E-state index in [1.54, 1.807) is 11.8 Å². The van der Waals surface area contributed by atoms with Gasteiger partial charge in [0.2, 0.25) is 5.91 Å². The van der Waals surface area contributed by atoms with Crippen LogP contribution in [-0.2, 0) is 19.1 Å². The number of hydrogen-bond acceptors (Lipinski definition) is 5. The normalized spacial score (nSPS) is 17.4. The second kappa shape index (κ2) is 9.85. The highest BCUT2D eigenvalue weighted by atomic mass is 16.5. The maximum atomic E-state index is 12.8. The number of rotatable bonds is 7. The number of likely N-dealkylation sites (tertiary alicyclic amines) is 1. The van der Waals surface area contributed by atoms with E-state index in [-0.39, 0.29) is 25.0 Å². The molecule has 1 aliphatic carbocycles. The summed E-state index contributed by atoms with van der Waals surface area (Å²) in [6, 6.07) is 15.4. The van der Waals surface area contributed by atoms with Gasteiger partial charge in [-0.05, 0) is 42.0 Å². The van der Waals surface area contributed by atoms with Gasteiger partial charge >= 0.3 is 12.1 Å². The van der Waals surface area contributed by atoms with Crippen molar-refractivity contribution in [1.82, 2.24) is 10.2 Å². The predicted molar refractivity (Wildman–Crippen MR) is 125 cm³/mol. The van der Waals surface area contributed by atoms with Crippen LogP contribution in [0.25, 0.3) is 11.1 Å². The molecule has 0 unspecified atom stereocenters. The molecule has 1 saturated heterocycles. The lowest BCUT2D eigenvalue weighted by atomic mass is 9.79. The van der Waals surface area contributed by atoms with Gasteiger partial charge in [0.25, 0.3) is 0 Å². The fourth-order valence-corrected chi connectivity index (χ4v) is 5.00. The minimum absolute atomic E-state index is 0.0591. The van der Waals surface area contributed by atoms with Crippen molar-refractivity contribution in [2.75, 3.05) is 33.4 Å².